The van der Waals surface area contributed by atoms with Crippen molar-refractivity contribution in [2.45, 2.75) is 26.8 Å². The van der Waals surface area contributed by atoms with Crippen molar-refractivity contribution < 1.29 is 9.53 Å². The number of imidazole rings is 1. The fraction of sp³-hybridized carbons (Fsp3) is 0.400. The van der Waals surface area contributed by atoms with Crippen LogP contribution in [-0.4, -0.2) is 47.1 Å². The lowest BCUT2D eigenvalue weighted by Crippen LogP contribution is -2.35. The van der Waals surface area contributed by atoms with Crippen LogP contribution in [0.1, 0.15) is 32.9 Å². The molecule has 1 saturated heterocycles. The van der Waals surface area contributed by atoms with Crippen molar-refractivity contribution in [1.29, 1.82) is 0 Å². The molecular formula is C20H24N4O2S. The molecule has 1 aliphatic heterocycles. The molecule has 1 aromatic carbocycles. The molecule has 4 rings (SSSR count). The molecule has 2 aromatic heterocycles. The highest BCUT2D eigenvalue weighted by Crippen LogP contribution is 2.24. The topological polar surface area (TPSA) is 70.2 Å². The molecule has 0 saturated carbocycles. The lowest BCUT2D eigenvalue weighted by Gasteiger charge is -2.25. The number of aryl methyl sites for hydroxylation is 2. The molecule has 6 nitrogen and oxygen atoms in total. The molecule has 0 spiro atoms. The highest BCUT2D eigenvalue weighted by Gasteiger charge is 2.15. The average molecular weight is 385 g/mol. The number of carbonyl (C=O) groups is 1. The third kappa shape index (κ3) is 4.05. The number of nitrogens with one attached hydrogen (secondary N) is 2. The van der Waals surface area contributed by atoms with Crippen LogP contribution < -0.4 is 5.32 Å². The largest absolute Gasteiger partial charge is 0.379 e. The van der Waals surface area contributed by atoms with Crippen LogP contribution in [0.4, 0.5) is 5.69 Å². The second-order valence-electron chi connectivity index (χ2n) is 6.80. The Balaban J connectivity index is 1.48. The number of aromatic amines is 1. The van der Waals surface area contributed by atoms with Gasteiger partial charge in [-0.25, -0.2) is 4.98 Å². The second kappa shape index (κ2) is 7.80. The summed E-state index contributed by atoms with van der Waals surface area (Å²) in [4.78, 5) is 24.9. The minimum Gasteiger partial charge on any atom is -0.379 e. The molecule has 1 fully saturated rings. The van der Waals surface area contributed by atoms with E-state index in [4.69, 9.17) is 4.74 Å². The van der Waals surface area contributed by atoms with Crippen LogP contribution in [0.3, 0.4) is 0 Å². The second-order valence-corrected chi connectivity index (χ2v) is 8.06. The number of hydrogen-bond acceptors (Lipinski definition) is 5. The quantitative estimate of drug-likeness (QED) is 0.705. The van der Waals surface area contributed by atoms with Gasteiger partial charge in [-0.3, -0.25) is 9.69 Å². The van der Waals surface area contributed by atoms with Crippen molar-refractivity contribution in [3.8, 4) is 0 Å². The van der Waals surface area contributed by atoms with Gasteiger partial charge >= 0.3 is 0 Å². The molecule has 0 atom stereocenters. The number of H-pyrrole nitrogens is 1. The zero-order valence-corrected chi connectivity index (χ0v) is 16.5. The Kier molecular flexibility index (Phi) is 5.24. The van der Waals surface area contributed by atoms with Gasteiger partial charge in [-0.1, -0.05) is 6.92 Å². The van der Waals surface area contributed by atoms with E-state index in [0.717, 1.165) is 66.7 Å². The van der Waals surface area contributed by atoms with Crippen molar-refractivity contribution in [2.75, 3.05) is 31.6 Å². The van der Waals surface area contributed by atoms with Gasteiger partial charge in [0.05, 0.1) is 35.7 Å². The number of thiophene rings is 1. The van der Waals surface area contributed by atoms with Crippen molar-refractivity contribution in [1.82, 2.24) is 14.9 Å². The van der Waals surface area contributed by atoms with E-state index < -0.39 is 0 Å². The Hall–Kier alpha value is -2.22. The molecule has 0 bridgehead atoms. The highest BCUT2D eigenvalue weighted by atomic mass is 32.1. The zero-order chi connectivity index (χ0) is 18.8. The minimum atomic E-state index is -0.0600. The Morgan fingerprint density at radius 1 is 1.33 bits per heavy atom. The first-order valence-electron chi connectivity index (χ1n) is 9.32. The number of benzene rings is 1. The van der Waals surface area contributed by atoms with Crippen molar-refractivity contribution in [3.05, 3.63) is 45.4 Å². The predicted octanol–water partition coefficient (Wildman–Crippen LogP) is 3.58. The first kappa shape index (κ1) is 18.2. The fourth-order valence-electron chi connectivity index (χ4n) is 3.36. The molecule has 3 aromatic rings. The number of nitrogens with zero attached hydrogens (tertiary/aromatic N) is 2. The third-order valence-electron chi connectivity index (χ3n) is 4.89. The molecule has 0 aliphatic carbocycles. The number of morpholine rings is 1. The van der Waals surface area contributed by atoms with Gasteiger partial charge in [0, 0.05) is 23.7 Å². The van der Waals surface area contributed by atoms with Gasteiger partial charge in [-0.05, 0) is 43.2 Å². The molecular weight excluding hydrogens is 360 g/mol. The van der Waals surface area contributed by atoms with Crippen molar-refractivity contribution in [3.63, 3.8) is 0 Å². The molecule has 0 unspecified atom stereocenters. The molecule has 27 heavy (non-hydrogen) atoms. The summed E-state index contributed by atoms with van der Waals surface area (Å²) in [6.07, 6.45) is 0.946. The molecule has 142 valence electrons. The summed E-state index contributed by atoms with van der Waals surface area (Å²) < 4.78 is 5.39. The number of aromatic nitrogens is 2. The van der Waals surface area contributed by atoms with Gasteiger partial charge in [0.15, 0.2) is 0 Å². The zero-order valence-electron chi connectivity index (χ0n) is 15.7. The maximum absolute atomic E-state index is 12.6. The minimum absolute atomic E-state index is 0.0600. The van der Waals surface area contributed by atoms with Crippen LogP contribution in [0.2, 0.25) is 0 Å². The van der Waals surface area contributed by atoms with Crippen molar-refractivity contribution in [2.24, 2.45) is 0 Å². The van der Waals surface area contributed by atoms with Gasteiger partial charge in [0.2, 0.25) is 0 Å². The summed E-state index contributed by atoms with van der Waals surface area (Å²) in [5.74, 6) is 0.882. The van der Waals surface area contributed by atoms with E-state index in [1.54, 1.807) is 11.3 Å². The Bertz CT molecular complexity index is 956. The maximum Gasteiger partial charge on any atom is 0.265 e. The summed E-state index contributed by atoms with van der Waals surface area (Å²) in [6.45, 7) is 8.37. The van der Waals surface area contributed by atoms with Crippen LogP contribution in [0.15, 0.2) is 24.3 Å². The van der Waals surface area contributed by atoms with E-state index >= 15 is 0 Å². The summed E-state index contributed by atoms with van der Waals surface area (Å²) >= 11 is 1.55. The van der Waals surface area contributed by atoms with Crippen LogP contribution >= 0.6 is 11.3 Å². The van der Waals surface area contributed by atoms with Gasteiger partial charge in [-0.2, -0.15) is 0 Å². The highest BCUT2D eigenvalue weighted by molar-refractivity contribution is 7.14. The summed E-state index contributed by atoms with van der Waals surface area (Å²) in [5.41, 5.74) is 3.87. The first-order valence-corrected chi connectivity index (χ1v) is 10.1. The summed E-state index contributed by atoms with van der Waals surface area (Å²) in [6, 6.07) is 7.79. The van der Waals surface area contributed by atoms with Gasteiger partial charge < -0.3 is 15.0 Å². The molecule has 3 heterocycles. The van der Waals surface area contributed by atoms with E-state index in [2.05, 4.69) is 34.0 Å². The Morgan fingerprint density at radius 2 is 2.15 bits per heavy atom. The lowest BCUT2D eigenvalue weighted by atomic mass is 10.2. The monoisotopic (exact) mass is 384 g/mol. The standard InChI is InChI=1S/C20H24N4O2S/c1-3-14-10-18(27-13(14)2)20(25)21-15-4-5-16-17(11-15)23-19(22-16)12-24-6-8-26-9-7-24/h4-5,10-11H,3,6-9,12H2,1-2H3,(H,21,25)(H,22,23). The number of fused-ring (bicyclic) bond motifs is 1. The number of anilines is 1. The van der Waals surface area contributed by atoms with E-state index in [1.807, 2.05) is 24.3 Å². The van der Waals surface area contributed by atoms with Gasteiger partial charge in [-0.15, -0.1) is 11.3 Å². The molecule has 0 radical (unpaired) electrons. The SMILES string of the molecule is CCc1cc(C(=O)Nc2ccc3nc(CN4CCOCC4)[nH]c3c2)sc1C. The van der Waals surface area contributed by atoms with Crippen molar-refractivity contribution >= 4 is 34.0 Å². The molecule has 1 aliphatic rings. The normalized spacial score (nSPS) is 15.3. The van der Waals surface area contributed by atoms with Gasteiger partial charge in [0.25, 0.3) is 5.91 Å². The third-order valence-corrected chi connectivity index (χ3v) is 5.98. The predicted molar refractivity (Wildman–Crippen MR) is 109 cm³/mol. The van der Waals surface area contributed by atoms with Crippen LogP contribution in [0.25, 0.3) is 11.0 Å². The van der Waals surface area contributed by atoms with E-state index in [9.17, 15) is 4.79 Å². The summed E-state index contributed by atoms with van der Waals surface area (Å²) in [5, 5.41) is 3.00. The Labute approximate surface area is 162 Å². The fourth-order valence-corrected chi connectivity index (χ4v) is 4.37. The van der Waals surface area contributed by atoms with Crippen LogP contribution in [0, 0.1) is 6.92 Å². The van der Waals surface area contributed by atoms with Crippen LogP contribution in [-0.2, 0) is 17.7 Å². The van der Waals surface area contributed by atoms with E-state index in [0.29, 0.717) is 0 Å². The Morgan fingerprint density at radius 3 is 2.89 bits per heavy atom. The lowest BCUT2D eigenvalue weighted by molar-refractivity contribution is 0.0332. The summed E-state index contributed by atoms with van der Waals surface area (Å²) in [7, 11) is 0. The average Bonchev–Trinajstić information content (AvgIpc) is 3.24. The molecule has 2 N–H and O–H groups in total. The number of hydrogen-bond donors (Lipinski definition) is 2. The smallest absolute Gasteiger partial charge is 0.265 e. The number of rotatable bonds is 5. The van der Waals surface area contributed by atoms with Crippen LogP contribution in [0.5, 0.6) is 0 Å². The number of amides is 1. The maximum atomic E-state index is 12.6. The van der Waals surface area contributed by atoms with E-state index in [1.165, 1.54) is 10.4 Å². The van der Waals surface area contributed by atoms with Gasteiger partial charge in [0.1, 0.15) is 5.82 Å². The molecule has 1 amide bonds. The van der Waals surface area contributed by atoms with E-state index in [-0.39, 0.29) is 5.91 Å². The molecule has 7 heteroatoms. The number of ether oxygens (including phenoxy) is 1. The first-order chi connectivity index (χ1) is 13.1. The number of carbonyl (C=O) groups excluding carboxylic acids is 1.